The Kier molecular flexibility index (Phi) is 5.54. The minimum Gasteiger partial charge on any atom is -0.357 e. The summed E-state index contributed by atoms with van der Waals surface area (Å²) in [4.78, 5) is 26.7. The number of amides is 1. The van der Waals surface area contributed by atoms with Crippen molar-refractivity contribution in [1.82, 2.24) is 0 Å². The molecule has 1 N–H and O–H groups in total. The number of anilines is 2. The highest BCUT2D eigenvalue weighted by atomic mass is 35.5. The molecule has 1 unspecified atom stereocenters. The number of halogens is 5. The lowest BCUT2D eigenvalue weighted by Gasteiger charge is -2.37. The Hall–Kier alpha value is -2.51. The van der Waals surface area contributed by atoms with Crippen molar-refractivity contribution in [1.29, 1.82) is 0 Å². The number of fused-ring (bicyclic) bond motifs is 1. The predicted octanol–water partition coefficient (Wildman–Crippen LogP) is 6.70. The average molecular weight is 483 g/mol. The van der Waals surface area contributed by atoms with Crippen LogP contribution < -0.4 is 10.2 Å². The summed E-state index contributed by atoms with van der Waals surface area (Å²) in [6.07, 6.45) is -4.63. The second kappa shape index (κ2) is 7.81. The van der Waals surface area contributed by atoms with Crippen LogP contribution in [0.5, 0.6) is 0 Å². The molecule has 0 saturated heterocycles. The number of carbonyl (C=O) groups excluding carboxylic acids is 2. The molecule has 2 aliphatic rings. The van der Waals surface area contributed by atoms with Gasteiger partial charge in [-0.05, 0) is 41.7 Å². The molecule has 1 aliphatic carbocycles. The first-order valence-corrected chi connectivity index (χ1v) is 10.6. The van der Waals surface area contributed by atoms with Crippen molar-refractivity contribution >= 4 is 46.3 Å². The van der Waals surface area contributed by atoms with Crippen molar-refractivity contribution < 1.29 is 22.8 Å². The van der Waals surface area contributed by atoms with Crippen molar-refractivity contribution in [2.24, 2.45) is 5.41 Å². The predicted molar refractivity (Wildman–Crippen MR) is 118 cm³/mol. The first-order valence-electron chi connectivity index (χ1n) is 9.87. The van der Waals surface area contributed by atoms with Crippen molar-refractivity contribution in [3.05, 3.63) is 69.3 Å². The SMILES string of the molecule is CC1(C)CC(=O)C2=C(C1)Nc1ccccc1N(C(=O)C(F)(F)F)C2c1ccc(Cl)cc1Cl. The highest BCUT2D eigenvalue weighted by Gasteiger charge is 2.50. The van der Waals surface area contributed by atoms with Gasteiger partial charge in [-0.2, -0.15) is 13.2 Å². The third-order valence-corrected chi connectivity index (χ3v) is 6.18. The van der Waals surface area contributed by atoms with E-state index in [1.165, 1.54) is 30.3 Å². The van der Waals surface area contributed by atoms with E-state index in [2.05, 4.69) is 5.32 Å². The van der Waals surface area contributed by atoms with Gasteiger partial charge in [0.25, 0.3) is 0 Å². The number of benzene rings is 2. The Bertz CT molecular complexity index is 1160. The van der Waals surface area contributed by atoms with Crippen LogP contribution in [0.2, 0.25) is 10.0 Å². The third-order valence-electron chi connectivity index (χ3n) is 5.62. The van der Waals surface area contributed by atoms with E-state index in [1.54, 1.807) is 12.1 Å². The minimum absolute atomic E-state index is 0.00541. The Morgan fingerprint density at radius 3 is 2.47 bits per heavy atom. The van der Waals surface area contributed by atoms with Gasteiger partial charge >= 0.3 is 12.1 Å². The molecule has 9 heteroatoms. The maximum Gasteiger partial charge on any atom is 0.471 e. The van der Waals surface area contributed by atoms with Gasteiger partial charge in [0.2, 0.25) is 0 Å². The Morgan fingerprint density at radius 2 is 1.81 bits per heavy atom. The van der Waals surface area contributed by atoms with Crippen LogP contribution in [-0.2, 0) is 9.59 Å². The van der Waals surface area contributed by atoms with E-state index in [0.29, 0.717) is 22.7 Å². The molecule has 1 heterocycles. The Morgan fingerprint density at radius 1 is 1.12 bits per heavy atom. The van der Waals surface area contributed by atoms with Crippen LogP contribution in [0.4, 0.5) is 24.5 Å². The lowest BCUT2D eigenvalue weighted by atomic mass is 9.73. The molecule has 0 saturated carbocycles. The monoisotopic (exact) mass is 482 g/mol. The number of hydrogen-bond donors (Lipinski definition) is 1. The van der Waals surface area contributed by atoms with Gasteiger partial charge in [-0.1, -0.05) is 55.2 Å². The molecule has 2 aromatic carbocycles. The van der Waals surface area contributed by atoms with Crippen molar-refractivity contribution in [2.45, 2.75) is 38.9 Å². The Labute approximate surface area is 193 Å². The summed E-state index contributed by atoms with van der Waals surface area (Å²) in [6, 6.07) is 9.12. The fourth-order valence-electron chi connectivity index (χ4n) is 4.36. The number of alkyl halides is 3. The lowest BCUT2D eigenvalue weighted by molar-refractivity contribution is -0.170. The van der Waals surface area contributed by atoms with Crippen molar-refractivity contribution in [3.8, 4) is 0 Å². The molecule has 2 aromatic rings. The number of rotatable bonds is 1. The summed E-state index contributed by atoms with van der Waals surface area (Å²) in [5, 5.41) is 3.49. The number of nitrogens with one attached hydrogen (secondary N) is 1. The summed E-state index contributed by atoms with van der Waals surface area (Å²) in [5.74, 6) is -2.43. The van der Waals surface area contributed by atoms with Gasteiger partial charge < -0.3 is 5.32 Å². The van der Waals surface area contributed by atoms with Gasteiger partial charge in [0.15, 0.2) is 5.78 Å². The van der Waals surface area contributed by atoms with Crippen molar-refractivity contribution in [2.75, 3.05) is 10.2 Å². The molecule has 0 spiro atoms. The zero-order valence-electron chi connectivity index (χ0n) is 17.2. The molecule has 0 aromatic heterocycles. The molecule has 0 bridgehead atoms. The molecule has 0 fully saturated rings. The van der Waals surface area contributed by atoms with Gasteiger partial charge in [-0.3, -0.25) is 14.5 Å². The van der Waals surface area contributed by atoms with Crippen molar-refractivity contribution in [3.63, 3.8) is 0 Å². The second-order valence-corrected chi connectivity index (χ2v) is 9.56. The topological polar surface area (TPSA) is 49.4 Å². The van der Waals surface area contributed by atoms with Crippen LogP contribution in [-0.4, -0.2) is 17.9 Å². The number of hydrogen-bond acceptors (Lipinski definition) is 3. The quantitative estimate of drug-likeness (QED) is 0.491. The number of allylic oxidation sites excluding steroid dienone is 1. The molecular formula is C23H19Cl2F3N2O2. The van der Waals surface area contributed by atoms with E-state index in [9.17, 15) is 22.8 Å². The van der Waals surface area contributed by atoms with E-state index in [-0.39, 0.29) is 39.1 Å². The number of Topliss-reactive ketones (excluding diaryl/α,β-unsaturated/α-hetero) is 1. The molecule has 4 rings (SSSR count). The number of para-hydroxylation sites is 2. The third kappa shape index (κ3) is 3.99. The standard InChI is InChI=1S/C23H19Cl2F3N2O2/c1-22(2)10-16-19(18(31)11-22)20(13-8-7-12(24)9-14(13)25)30(21(32)23(26,27)28)17-6-4-3-5-15(17)29-16/h3-9,20,29H,10-11H2,1-2H3. The van der Waals surface area contributed by atoms with Gasteiger partial charge in [0.1, 0.15) is 0 Å². The van der Waals surface area contributed by atoms with E-state index in [1.807, 2.05) is 13.8 Å². The van der Waals surface area contributed by atoms with Gasteiger partial charge in [0, 0.05) is 27.7 Å². The first kappa shape index (κ1) is 22.7. The molecule has 168 valence electrons. The summed E-state index contributed by atoms with van der Waals surface area (Å²) < 4.78 is 41.4. The Balaban J connectivity index is 2.07. The largest absolute Gasteiger partial charge is 0.471 e. The molecular weight excluding hydrogens is 464 g/mol. The smallest absolute Gasteiger partial charge is 0.357 e. The fourth-order valence-corrected chi connectivity index (χ4v) is 4.88. The average Bonchev–Trinajstić information content (AvgIpc) is 2.80. The normalized spacial score (nSPS) is 20.3. The highest BCUT2D eigenvalue weighted by molar-refractivity contribution is 6.35. The minimum atomic E-state index is -5.17. The zero-order valence-corrected chi connectivity index (χ0v) is 18.7. The van der Waals surface area contributed by atoms with E-state index in [0.717, 1.165) is 0 Å². The zero-order chi connectivity index (χ0) is 23.4. The van der Waals surface area contributed by atoms with Crippen LogP contribution >= 0.6 is 23.2 Å². The summed E-state index contributed by atoms with van der Waals surface area (Å²) in [5.41, 5.74) is 0.666. The molecule has 1 aliphatic heterocycles. The molecule has 1 amide bonds. The summed E-state index contributed by atoms with van der Waals surface area (Å²) in [6.45, 7) is 3.83. The van der Waals surface area contributed by atoms with Crippen LogP contribution in [0.1, 0.15) is 38.3 Å². The van der Waals surface area contributed by atoms with Gasteiger partial charge in [-0.25, -0.2) is 0 Å². The van der Waals surface area contributed by atoms with E-state index >= 15 is 0 Å². The van der Waals surface area contributed by atoms with Crippen LogP contribution in [0.3, 0.4) is 0 Å². The molecule has 0 radical (unpaired) electrons. The second-order valence-electron chi connectivity index (χ2n) is 8.72. The number of ketones is 1. The maximum absolute atomic E-state index is 13.8. The van der Waals surface area contributed by atoms with Crippen LogP contribution in [0.25, 0.3) is 0 Å². The lowest BCUT2D eigenvalue weighted by Crippen LogP contribution is -2.45. The number of carbonyl (C=O) groups is 2. The van der Waals surface area contributed by atoms with Crippen LogP contribution in [0.15, 0.2) is 53.7 Å². The molecule has 1 atom stereocenters. The highest BCUT2D eigenvalue weighted by Crippen LogP contribution is 2.50. The van der Waals surface area contributed by atoms with E-state index in [4.69, 9.17) is 23.2 Å². The number of nitrogens with zero attached hydrogens (tertiary/aromatic N) is 1. The van der Waals surface area contributed by atoms with Crippen LogP contribution in [0, 0.1) is 5.41 Å². The van der Waals surface area contributed by atoms with E-state index < -0.39 is 23.5 Å². The van der Waals surface area contributed by atoms with Gasteiger partial charge in [0.05, 0.1) is 17.4 Å². The first-order chi connectivity index (χ1) is 14.9. The fraction of sp³-hybridized carbons (Fsp3) is 0.304. The van der Waals surface area contributed by atoms with Gasteiger partial charge in [-0.15, -0.1) is 0 Å². The molecule has 32 heavy (non-hydrogen) atoms. The summed E-state index contributed by atoms with van der Waals surface area (Å²) >= 11 is 12.4. The molecule has 4 nitrogen and oxygen atoms in total. The summed E-state index contributed by atoms with van der Waals surface area (Å²) in [7, 11) is 0. The maximum atomic E-state index is 13.8.